The minimum absolute atomic E-state index is 0.0622. The molecule has 2 saturated heterocycles. The molecule has 0 saturated carbocycles. The minimum Gasteiger partial charge on any atom is -0.459 e. The fourth-order valence-electron chi connectivity index (χ4n) is 10.1. The van der Waals surface area contributed by atoms with Gasteiger partial charge >= 0.3 is 35.8 Å². The van der Waals surface area contributed by atoms with Crippen LogP contribution in [0.4, 0.5) is 0 Å². The molecular formula is C66H67ClN5O15Si+. The van der Waals surface area contributed by atoms with Crippen molar-refractivity contribution >= 4 is 55.7 Å². The summed E-state index contributed by atoms with van der Waals surface area (Å²) in [4.78, 5) is 88.3. The van der Waals surface area contributed by atoms with E-state index in [0.29, 0.717) is 0 Å². The molecule has 22 heteroatoms. The molecule has 20 nitrogen and oxygen atoms in total. The van der Waals surface area contributed by atoms with Crippen molar-refractivity contribution < 1.29 is 75.7 Å². The van der Waals surface area contributed by atoms with Crippen LogP contribution in [0, 0.1) is 5.92 Å². The number of azide groups is 1. The predicted octanol–water partition coefficient (Wildman–Crippen LogP) is 11.8. The van der Waals surface area contributed by atoms with Gasteiger partial charge in [-0.15, -0.1) is 11.6 Å². The number of imidazole rings is 1. The summed E-state index contributed by atoms with van der Waals surface area (Å²) in [7, 11) is -3.05. The van der Waals surface area contributed by atoms with Crippen LogP contribution in [0.3, 0.4) is 0 Å². The van der Waals surface area contributed by atoms with Crippen LogP contribution >= 0.6 is 11.6 Å². The zero-order valence-corrected chi connectivity index (χ0v) is 50.9. The van der Waals surface area contributed by atoms with Gasteiger partial charge in [0.15, 0.2) is 26.2 Å². The van der Waals surface area contributed by atoms with E-state index in [-0.39, 0.29) is 51.5 Å². The van der Waals surface area contributed by atoms with Gasteiger partial charge in [0, 0.05) is 11.5 Å². The van der Waals surface area contributed by atoms with Crippen molar-refractivity contribution in [3.8, 4) is 0 Å². The van der Waals surface area contributed by atoms with Crippen LogP contribution in [0.15, 0.2) is 200 Å². The van der Waals surface area contributed by atoms with E-state index in [1.54, 1.807) is 164 Å². The molecule has 88 heavy (non-hydrogen) atoms. The summed E-state index contributed by atoms with van der Waals surface area (Å²) in [6, 6.07) is 48.8. The first-order valence-corrected chi connectivity index (χ1v) is 31.9. The van der Waals surface area contributed by atoms with Gasteiger partial charge in [-0.2, -0.15) is 0 Å². The van der Waals surface area contributed by atoms with Gasteiger partial charge in [0.1, 0.15) is 37.7 Å². The van der Waals surface area contributed by atoms with E-state index >= 15 is 0 Å². The maximum atomic E-state index is 14.6. The van der Waals surface area contributed by atoms with Gasteiger partial charge in [-0.05, 0) is 102 Å². The van der Waals surface area contributed by atoms with Gasteiger partial charge < -0.3 is 42.3 Å². The molecule has 3 heterocycles. The van der Waals surface area contributed by atoms with E-state index in [9.17, 15) is 34.3 Å². The number of benzene rings is 6. The highest BCUT2D eigenvalue weighted by molar-refractivity contribution is 6.74. The molecule has 6 aromatic carbocycles. The number of rotatable bonds is 24. The zero-order chi connectivity index (χ0) is 62.5. The normalized spacial score (nSPS) is 20.6. The molecule has 2 fully saturated rings. The number of carbonyl (C=O) groups is 6. The first-order valence-electron chi connectivity index (χ1n) is 28.6. The van der Waals surface area contributed by atoms with Crippen molar-refractivity contribution in [3.05, 3.63) is 244 Å². The SMILES string of the molecule is CC(C)C(C)(C)[Si](C)(C)O[C@@H](c1c[n+]([C@@H]2O[C@H](COC(=O)c3ccccc3)[C@@H](OC(=O)c3ccccc3)[C@H]2OC(=O)c2ccccc2)cn1[C@@H]1O[C@H](COC(=O)c2ccccc2)[C@@H](OC(=O)c2ccccc2)[C@H]1OC(=O)c1ccccc1)[C@@H](Cl)CN=[N+]=[N-]. The Morgan fingerprint density at radius 3 is 1.31 bits per heavy atom. The van der Waals surface area contributed by atoms with Crippen molar-refractivity contribution in [3.63, 3.8) is 0 Å². The summed E-state index contributed by atoms with van der Waals surface area (Å²) in [6.07, 6.45) is -10.2. The van der Waals surface area contributed by atoms with Gasteiger partial charge in [-0.3, -0.25) is 0 Å². The van der Waals surface area contributed by atoms with E-state index in [0.717, 1.165) is 0 Å². The zero-order valence-electron chi connectivity index (χ0n) is 49.2. The van der Waals surface area contributed by atoms with Gasteiger partial charge in [0.25, 0.3) is 0 Å². The maximum Gasteiger partial charge on any atom is 0.338 e. The second kappa shape index (κ2) is 28.7. The quantitative estimate of drug-likeness (QED) is 0.00798. The Hall–Kier alpha value is -8.95. The number of carbonyl (C=O) groups excluding carboxylic acids is 6. The third-order valence-electron chi connectivity index (χ3n) is 16.1. The van der Waals surface area contributed by atoms with Crippen molar-refractivity contribution in [1.29, 1.82) is 0 Å². The summed E-state index contributed by atoms with van der Waals surface area (Å²) in [5.41, 5.74) is 10.9. The molecule has 2 aliphatic rings. The molecule has 0 aliphatic carbocycles. The monoisotopic (exact) mass is 1230 g/mol. The molecule has 0 bridgehead atoms. The Bertz CT molecular complexity index is 3580. The number of nitrogens with zero attached hydrogens (tertiary/aromatic N) is 5. The fourth-order valence-corrected chi connectivity index (χ4v) is 13.1. The standard InChI is InChI=1S/C66H67ClN5O15Si/c1-42(2)66(3,4)88(5,6)87-53(49(67)37-69-70-68)50-38-71(58-56(85-64(77)47-33-21-11-22-34-47)54(83-62(75)45-29-17-9-18-30-45)51(81-58)39-79-60(73)43-25-13-7-14-26-43)41-72(50)59-57(86-65(78)48-35-23-12-24-36-48)55(84-63(76)46-31-19-10-20-32-46)52(82-59)40-80-61(74)44-27-15-8-16-28-44/h7-36,38,41-42,49,51-59H,37,39-40H2,1-6H3/q+1/t49-,51+,52+,53+,54+,55+,56+,57+,58+,59+/m0/s1. The molecule has 0 radical (unpaired) electrons. The molecule has 10 atom stereocenters. The highest BCUT2D eigenvalue weighted by Gasteiger charge is 2.58. The highest BCUT2D eigenvalue weighted by Crippen LogP contribution is 2.48. The summed E-state index contributed by atoms with van der Waals surface area (Å²) in [5, 5.41) is 2.26. The third-order valence-corrected chi connectivity index (χ3v) is 21.0. The Labute approximate surface area is 514 Å². The lowest BCUT2D eigenvalue weighted by molar-refractivity contribution is -0.765. The molecule has 2 aliphatic heterocycles. The smallest absolute Gasteiger partial charge is 0.338 e. The van der Waals surface area contributed by atoms with E-state index in [4.69, 9.17) is 53.9 Å². The first kappa shape index (κ1) is 63.5. The Morgan fingerprint density at radius 2 is 0.920 bits per heavy atom. The minimum atomic E-state index is -3.05. The summed E-state index contributed by atoms with van der Waals surface area (Å²) >= 11 is 7.48. The van der Waals surface area contributed by atoms with Crippen molar-refractivity contribution in [2.45, 2.75) is 106 Å². The molecule has 0 amide bonds. The predicted molar refractivity (Wildman–Crippen MR) is 322 cm³/mol. The molecule has 1 aromatic heterocycles. The first-order chi connectivity index (χ1) is 42.3. The van der Waals surface area contributed by atoms with E-state index < -0.39 is 123 Å². The van der Waals surface area contributed by atoms with Crippen LogP contribution in [0.5, 0.6) is 0 Å². The Balaban J connectivity index is 1.25. The van der Waals surface area contributed by atoms with Crippen molar-refractivity contribution in [2.24, 2.45) is 11.0 Å². The molecule has 456 valence electrons. The van der Waals surface area contributed by atoms with Crippen molar-refractivity contribution in [2.75, 3.05) is 19.8 Å². The number of ether oxygens (including phenoxy) is 8. The fraction of sp³-hybridized carbons (Fsp3) is 0.318. The number of halogens is 1. The number of hydrogen-bond acceptors (Lipinski definition) is 16. The Kier molecular flexibility index (Phi) is 20.7. The van der Waals surface area contributed by atoms with Crippen LogP contribution < -0.4 is 4.57 Å². The van der Waals surface area contributed by atoms with E-state index in [1.165, 1.54) is 39.7 Å². The average Bonchev–Trinajstić information content (AvgIpc) is 1.80. The lowest BCUT2D eigenvalue weighted by atomic mass is 9.99. The molecule has 7 aromatic rings. The number of aromatic nitrogens is 2. The van der Waals surface area contributed by atoms with Crippen molar-refractivity contribution in [1.82, 2.24) is 4.57 Å². The van der Waals surface area contributed by atoms with E-state index in [1.807, 2.05) is 13.1 Å². The molecule has 0 N–H and O–H groups in total. The van der Waals surface area contributed by atoms with Gasteiger partial charge in [-0.1, -0.05) is 142 Å². The largest absolute Gasteiger partial charge is 0.459 e. The lowest BCUT2D eigenvalue weighted by Gasteiger charge is -2.44. The highest BCUT2D eigenvalue weighted by atomic mass is 35.5. The maximum absolute atomic E-state index is 14.6. The van der Waals surface area contributed by atoms with Crippen LogP contribution in [0.25, 0.3) is 10.4 Å². The second-order valence-electron chi connectivity index (χ2n) is 22.4. The second-order valence-corrected chi connectivity index (χ2v) is 27.5. The van der Waals surface area contributed by atoms with Gasteiger partial charge in [0.2, 0.25) is 31.0 Å². The Morgan fingerprint density at radius 1 is 0.568 bits per heavy atom. The van der Waals surface area contributed by atoms with Crippen LogP contribution in [-0.2, 0) is 42.3 Å². The summed E-state index contributed by atoms with van der Waals surface area (Å²) < 4.78 is 61.7. The van der Waals surface area contributed by atoms with Crippen LogP contribution in [0.2, 0.25) is 18.1 Å². The number of alkyl halides is 1. The third kappa shape index (κ3) is 14.9. The van der Waals surface area contributed by atoms with Gasteiger partial charge in [-0.25, -0.2) is 37.9 Å². The summed E-state index contributed by atoms with van der Waals surface area (Å²) in [6.45, 7) is 11.0. The molecule has 9 rings (SSSR count). The molecule has 0 spiro atoms. The topological polar surface area (TPSA) is 243 Å². The molecular weight excluding hydrogens is 1170 g/mol. The molecule has 0 unspecified atom stereocenters. The number of hydrogen-bond donors (Lipinski definition) is 0. The van der Waals surface area contributed by atoms with Gasteiger partial charge in [0.05, 0.1) is 38.8 Å². The number of esters is 6. The van der Waals surface area contributed by atoms with Crippen LogP contribution in [0.1, 0.15) is 114 Å². The average molecular weight is 1230 g/mol. The summed E-state index contributed by atoms with van der Waals surface area (Å²) in [5.74, 6) is -4.77. The van der Waals surface area contributed by atoms with Crippen LogP contribution in [-0.4, -0.2) is 110 Å². The van der Waals surface area contributed by atoms with E-state index in [2.05, 4.69) is 37.7 Å². The lowest BCUT2D eigenvalue weighted by Crippen LogP contribution is -2.48.